The highest BCUT2D eigenvalue weighted by molar-refractivity contribution is 5.80. The van der Waals surface area contributed by atoms with Crippen molar-refractivity contribution in [2.24, 2.45) is 4.99 Å². The van der Waals surface area contributed by atoms with Crippen LogP contribution in [0.3, 0.4) is 0 Å². The molecule has 174 valence electrons. The summed E-state index contributed by atoms with van der Waals surface area (Å²) in [5.41, 5.74) is -0.539. The van der Waals surface area contributed by atoms with Gasteiger partial charge in [0.15, 0.2) is 5.96 Å². The molecule has 2 aliphatic heterocycles. The van der Waals surface area contributed by atoms with Crippen molar-refractivity contribution in [2.75, 3.05) is 6.54 Å². The lowest BCUT2D eigenvalue weighted by atomic mass is 9.94. The van der Waals surface area contributed by atoms with Gasteiger partial charge in [-0.25, -0.2) is 14.8 Å². The fourth-order valence-corrected chi connectivity index (χ4v) is 4.30. The predicted molar refractivity (Wildman–Crippen MR) is 121 cm³/mol. The molecule has 2 N–H and O–H groups in total. The Morgan fingerprint density at radius 3 is 2.39 bits per heavy atom. The maximum absolute atomic E-state index is 12.7. The van der Waals surface area contributed by atoms with Gasteiger partial charge in [0.2, 0.25) is 5.89 Å². The topological polar surface area (TPSA) is 92.0 Å². The number of rotatable bonds is 4. The highest BCUT2D eigenvalue weighted by atomic mass is 16.6. The number of piperidine rings is 1. The summed E-state index contributed by atoms with van der Waals surface area (Å²) in [6.45, 7) is 15.3. The molecule has 2 unspecified atom stereocenters. The molecule has 0 saturated carbocycles. The normalized spacial score (nSPS) is 24.3. The number of oxazole rings is 1. The zero-order valence-electron chi connectivity index (χ0n) is 20.1. The zero-order valence-corrected chi connectivity index (χ0v) is 20.1. The van der Waals surface area contributed by atoms with Crippen LogP contribution in [0.5, 0.6) is 0 Å². The van der Waals surface area contributed by atoms with Gasteiger partial charge in [-0.2, -0.15) is 0 Å². The Bertz CT molecular complexity index is 776. The first-order valence-electron chi connectivity index (χ1n) is 11.5. The van der Waals surface area contributed by atoms with Gasteiger partial charge in [0.1, 0.15) is 17.9 Å². The highest BCUT2D eigenvalue weighted by Crippen LogP contribution is 2.36. The van der Waals surface area contributed by atoms with E-state index in [4.69, 9.17) is 9.15 Å². The number of guanidine groups is 1. The molecule has 2 aliphatic rings. The van der Waals surface area contributed by atoms with Crippen LogP contribution in [0, 0.1) is 0 Å². The summed E-state index contributed by atoms with van der Waals surface area (Å²) in [7, 11) is 0. The van der Waals surface area contributed by atoms with E-state index in [0.717, 1.165) is 43.9 Å². The fourth-order valence-electron chi connectivity index (χ4n) is 4.30. The van der Waals surface area contributed by atoms with E-state index in [1.165, 1.54) is 0 Å². The number of fused-ring (bicyclic) bond motifs is 2. The molecule has 1 amide bonds. The van der Waals surface area contributed by atoms with E-state index in [1.807, 2.05) is 25.7 Å². The first-order valence-corrected chi connectivity index (χ1v) is 11.5. The minimum absolute atomic E-state index is 0.0703. The SMILES string of the molecule is CCNC(=NCc1ncc(C(C)(C)C)o1)NC1CC2CCC(C1)N2C(=O)OC(C)(C)C. The Labute approximate surface area is 186 Å². The predicted octanol–water partition coefficient (Wildman–Crippen LogP) is 3.96. The molecule has 2 atom stereocenters. The Hall–Kier alpha value is -2.25. The number of aliphatic imine (C=N–C) groups is 1. The van der Waals surface area contributed by atoms with E-state index in [9.17, 15) is 4.79 Å². The average molecular weight is 434 g/mol. The summed E-state index contributed by atoms with van der Waals surface area (Å²) < 4.78 is 11.5. The fraction of sp³-hybridized carbons (Fsp3) is 0.783. The molecule has 1 aromatic rings. The van der Waals surface area contributed by atoms with Crippen LogP contribution < -0.4 is 10.6 Å². The first kappa shape index (κ1) is 23.4. The van der Waals surface area contributed by atoms with Crippen LogP contribution >= 0.6 is 0 Å². The molecule has 0 spiro atoms. The Balaban J connectivity index is 1.61. The van der Waals surface area contributed by atoms with E-state index in [-0.39, 0.29) is 29.6 Å². The molecular weight excluding hydrogens is 394 g/mol. The van der Waals surface area contributed by atoms with Crippen molar-refractivity contribution in [3.05, 3.63) is 17.8 Å². The lowest BCUT2D eigenvalue weighted by Gasteiger charge is -2.40. The molecule has 2 fully saturated rings. The second-order valence-electron chi connectivity index (χ2n) is 10.6. The quantitative estimate of drug-likeness (QED) is 0.552. The summed E-state index contributed by atoms with van der Waals surface area (Å²) in [5.74, 6) is 2.23. The number of hydrogen-bond donors (Lipinski definition) is 2. The van der Waals surface area contributed by atoms with Crippen molar-refractivity contribution in [1.29, 1.82) is 0 Å². The molecule has 0 radical (unpaired) electrons. The minimum Gasteiger partial charge on any atom is -0.444 e. The van der Waals surface area contributed by atoms with Crippen molar-refractivity contribution < 1.29 is 13.9 Å². The molecule has 3 rings (SSSR count). The number of aromatic nitrogens is 1. The Morgan fingerprint density at radius 2 is 1.87 bits per heavy atom. The lowest BCUT2D eigenvalue weighted by Crippen LogP contribution is -2.55. The molecule has 8 nitrogen and oxygen atoms in total. The van der Waals surface area contributed by atoms with E-state index >= 15 is 0 Å². The Kier molecular flexibility index (Phi) is 6.86. The molecular formula is C23H39N5O3. The van der Waals surface area contributed by atoms with Crippen molar-refractivity contribution in [2.45, 2.75) is 110 Å². The molecule has 8 heteroatoms. The molecule has 2 bridgehead atoms. The maximum atomic E-state index is 12.7. The van der Waals surface area contributed by atoms with Gasteiger partial charge in [-0.05, 0) is 53.4 Å². The highest BCUT2D eigenvalue weighted by Gasteiger charge is 2.45. The number of ether oxygens (including phenoxy) is 1. The van der Waals surface area contributed by atoms with Gasteiger partial charge in [0, 0.05) is 30.1 Å². The Morgan fingerprint density at radius 1 is 1.23 bits per heavy atom. The van der Waals surface area contributed by atoms with Crippen LogP contribution in [0.4, 0.5) is 4.79 Å². The van der Waals surface area contributed by atoms with Gasteiger partial charge < -0.3 is 24.7 Å². The molecule has 1 aromatic heterocycles. The van der Waals surface area contributed by atoms with Crippen LogP contribution in [0.1, 0.15) is 85.8 Å². The van der Waals surface area contributed by atoms with Gasteiger partial charge in [-0.3, -0.25) is 0 Å². The van der Waals surface area contributed by atoms with Gasteiger partial charge in [-0.15, -0.1) is 0 Å². The second kappa shape index (κ2) is 9.09. The summed E-state index contributed by atoms with van der Waals surface area (Å²) in [4.78, 5) is 23.7. The van der Waals surface area contributed by atoms with Crippen LogP contribution in [0.25, 0.3) is 0 Å². The largest absolute Gasteiger partial charge is 0.444 e. The van der Waals surface area contributed by atoms with Crippen LogP contribution in [-0.4, -0.2) is 52.2 Å². The molecule has 2 saturated heterocycles. The number of carbonyl (C=O) groups excluding carboxylic acids is 1. The third-order valence-electron chi connectivity index (χ3n) is 5.69. The van der Waals surface area contributed by atoms with Crippen LogP contribution in [0.15, 0.2) is 15.6 Å². The summed E-state index contributed by atoms with van der Waals surface area (Å²) in [6, 6.07) is 0.703. The standard InChI is InChI=1S/C23H39N5O3/c1-8-24-20(26-14-19-25-13-18(30-19)22(2,3)4)27-15-11-16-9-10-17(12-15)28(16)21(29)31-23(5,6)7/h13,15-17H,8-12,14H2,1-7H3,(H2,24,26,27). The average Bonchev–Trinajstić information content (AvgIpc) is 3.21. The first-order chi connectivity index (χ1) is 14.5. The van der Waals surface area contributed by atoms with Crippen LogP contribution in [0.2, 0.25) is 0 Å². The molecule has 3 heterocycles. The number of nitrogens with one attached hydrogen (secondary N) is 2. The number of amides is 1. The number of carbonyl (C=O) groups is 1. The maximum Gasteiger partial charge on any atom is 0.410 e. The molecule has 31 heavy (non-hydrogen) atoms. The van der Waals surface area contributed by atoms with Gasteiger partial charge in [0.05, 0.1) is 6.20 Å². The van der Waals surface area contributed by atoms with Crippen molar-refractivity contribution in [1.82, 2.24) is 20.5 Å². The monoisotopic (exact) mass is 433 g/mol. The summed E-state index contributed by atoms with van der Waals surface area (Å²) in [6.07, 6.45) is 5.46. The van der Waals surface area contributed by atoms with E-state index < -0.39 is 5.60 Å². The van der Waals surface area contributed by atoms with Crippen molar-refractivity contribution in [3.8, 4) is 0 Å². The lowest BCUT2D eigenvalue weighted by molar-refractivity contribution is 0.00545. The zero-order chi connectivity index (χ0) is 22.8. The van der Waals surface area contributed by atoms with E-state index in [1.54, 1.807) is 6.20 Å². The van der Waals surface area contributed by atoms with Crippen LogP contribution in [-0.2, 0) is 16.7 Å². The molecule has 0 aliphatic carbocycles. The van der Waals surface area contributed by atoms with E-state index in [2.05, 4.69) is 48.3 Å². The smallest absolute Gasteiger partial charge is 0.410 e. The van der Waals surface area contributed by atoms with Gasteiger partial charge in [-0.1, -0.05) is 20.8 Å². The third-order valence-corrected chi connectivity index (χ3v) is 5.69. The summed E-state index contributed by atoms with van der Waals surface area (Å²) >= 11 is 0. The van der Waals surface area contributed by atoms with Crippen molar-refractivity contribution in [3.63, 3.8) is 0 Å². The second-order valence-corrected chi connectivity index (χ2v) is 10.6. The summed E-state index contributed by atoms with van der Waals surface area (Å²) in [5, 5.41) is 6.88. The minimum atomic E-state index is -0.469. The third kappa shape index (κ3) is 6.14. The van der Waals surface area contributed by atoms with Crippen molar-refractivity contribution >= 4 is 12.1 Å². The van der Waals surface area contributed by atoms with Gasteiger partial charge >= 0.3 is 6.09 Å². The molecule has 0 aromatic carbocycles. The van der Waals surface area contributed by atoms with Gasteiger partial charge in [0.25, 0.3) is 0 Å². The van der Waals surface area contributed by atoms with E-state index in [0.29, 0.717) is 12.4 Å². The number of hydrogen-bond acceptors (Lipinski definition) is 5. The number of nitrogens with zero attached hydrogens (tertiary/aromatic N) is 3.